The molecule has 0 amide bonds. The van der Waals surface area contributed by atoms with Crippen LogP contribution in [-0.4, -0.2) is 25.8 Å². The van der Waals surface area contributed by atoms with Crippen LogP contribution in [-0.2, 0) is 0 Å². The number of halogens is 1. The SMILES string of the molecule is CC(C)n1ncc2c(C(=O)O)cc(-c3ccccc3F)nc21. The summed E-state index contributed by atoms with van der Waals surface area (Å²) in [6, 6.07) is 7.56. The van der Waals surface area contributed by atoms with Crippen LogP contribution in [0.4, 0.5) is 4.39 Å². The van der Waals surface area contributed by atoms with Crippen LogP contribution in [0, 0.1) is 5.82 Å². The molecule has 0 aliphatic rings. The fraction of sp³-hybridized carbons (Fsp3) is 0.188. The van der Waals surface area contributed by atoms with Crippen molar-refractivity contribution in [3.63, 3.8) is 0 Å². The molecule has 2 heterocycles. The number of carboxylic acid groups (broad SMARTS) is 1. The molecular formula is C16H14FN3O2. The number of carboxylic acids is 1. The van der Waals surface area contributed by atoms with Crippen molar-refractivity contribution in [1.82, 2.24) is 14.8 Å². The van der Waals surface area contributed by atoms with E-state index < -0.39 is 11.8 Å². The van der Waals surface area contributed by atoms with Crippen molar-refractivity contribution in [2.45, 2.75) is 19.9 Å². The van der Waals surface area contributed by atoms with E-state index in [1.54, 1.807) is 22.9 Å². The Morgan fingerprint density at radius 1 is 1.32 bits per heavy atom. The standard InChI is InChI=1S/C16H14FN3O2/c1-9(2)20-15-12(8-18-20)11(16(21)22)7-14(19-15)10-5-3-4-6-13(10)17/h3-9H,1-2H3,(H,21,22). The zero-order valence-corrected chi connectivity index (χ0v) is 12.1. The number of rotatable bonds is 3. The van der Waals surface area contributed by atoms with E-state index in [1.807, 2.05) is 13.8 Å². The summed E-state index contributed by atoms with van der Waals surface area (Å²) in [5.41, 5.74) is 1.05. The van der Waals surface area contributed by atoms with Gasteiger partial charge in [0.25, 0.3) is 0 Å². The van der Waals surface area contributed by atoms with Gasteiger partial charge in [-0.3, -0.25) is 0 Å². The lowest BCUT2D eigenvalue weighted by molar-refractivity contribution is 0.0699. The first kappa shape index (κ1) is 14.2. The molecule has 0 saturated carbocycles. The minimum absolute atomic E-state index is 0.0162. The second-order valence-corrected chi connectivity index (χ2v) is 5.26. The number of nitrogens with zero attached hydrogens (tertiary/aromatic N) is 3. The van der Waals surface area contributed by atoms with E-state index in [-0.39, 0.29) is 22.9 Å². The molecule has 0 aliphatic heterocycles. The molecule has 3 aromatic rings. The summed E-state index contributed by atoms with van der Waals surface area (Å²) in [4.78, 5) is 15.9. The molecule has 0 bridgehead atoms. The molecule has 0 fully saturated rings. The van der Waals surface area contributed by atoms with Gasteiger partial charge in [-0.15, -0.1) is 0 Å². The third-order valence-corrected chi connectivity index (χ3v) is 3.44. The molecule has 2 aromatic heterocycles. The quantitative estimate of drug-likeness (QED) is 0.803. The Morgan fingerprint density at radius 3 is 2.68 bits per heavy atom. The Balaban J connectivity index is 2.35. The van der Waals surface area contributed by atoms with Gasteiger partial charge in [-0.1, -0.05) is 12.1 Å². The highest BCUT2D eigenvalue weighted by Gasteiger charge is 2.18. The zero-order chi connectivity index (χ0) is 15.9. The Hall–Kier alpha value is -2.76. The maximum absolute atomic E-state index is 14.0. The highest BCUT2D eigenvalue weighted by molar-refractivity contribution is 6.02. The summed E-state index contributed by atoms with van der Waals surface area (Å²) >= 11 is 0. The molecule has 6 heteroatoms. The normalized spacial score (nSPS) is 11.3. The van der Waals surface area contributed by atoms with Crippen LogP contribution in [0.15, 0.2) is 36.5 Å². The number of hydrogen-bond acceptors (Lipinski definition) is 3. The van der Waals surface area contributed by atoms with Crippen molar-refractivity contribution >= 4 is 17.0 Å². The van der Waals surface area contributed by atoms with E-state index in [2.05, 4.69) is 10.1 Å². The highest BCUT2D eigenvalue weighted by atomic mass is 19.1. The molecule has 22 heavy (non-hydrogen) atoms. The smallest absolute Gasteiger partial charge is 0.336 e. The topological polar surface area (TPSA) is 68.0 Å². The molecule has 0 radical (unpaired) electrons. The largest absolute Gasteiger partial charge is 0.478 e. The predicted octanol–water partition coefficient (Wildman–Crippen LogP) is 3.52. The van der Waals surface area contributed by atoms with Gasteiger partial charge in [-0.25, -0.2) is 18.9 Å². The van der Waals surface area contributed by atoms with E-state index in [0.717, 1.165) is 0 Å². The molecule has 1 N–H and O–H groups in total. The van der Waals surface area contributed by atoms with E-state index >= 15 is 0 Å². The number of carbonyl (C=O) groups is 1. The Labute approximate surface area is 126 Å². The van der Waals surface area contributed by atoms with Gasteiger partial charge in [0.15, 0.2) is 5.65 Å². The molecule has 112 valence electrons. The Bertz CT molecular complexity index is 871. The molecule has 0 unspecified atom stereocenters. The lowest BCUT2D eigenvalue weighted by Gasteiger charge is -2.09. The molecule has 3 rings (SSSR count). The summed E-state index contributed by atoms with van der Waals surface area (Å²) in [5, 5.41) is 14.1. The van der Waals surface area contributed by atoms with Crippen LogP contribution >= 0.6 is 0 Å². The summed E-state index contributed by atoms with van der Waals surface area (Å²) < 4.78 is 15.6. The van der Waals surface area contributed by atoms with Gasteiger partial charge in [0.05, 0.1) is 22.8 Å². The first-order valence-electron chi connectivity index (χ1n) is 6.85. The summed E-state index contributed by atoms with van der Waals surface area (Å²) in [7, 11) is 0. The Kier molecular flexibility index (Phi) is 3.36. The number of hydrogen-bond donors (Lipinski definition) is 1. The average Bonchev–Trinajstić information content (AvgIpc) is 2.90. The lowest BCUT2D eigenvalue weighted by Crippen LogP contribution is -2.06. The van der Waals surface area contributed by atoms with E-state index in [4.69, 9.17) is 0 Å². The number of pyridine rings is 1. The van der Waals surface area contributed by atoms with Crippen molar-refractivity contribution in [3.8, 4) is 11.3 Å². The molecule has 5 nitrogen and oxygen atoms in total. The van der Waals surface area contributed by atoms with Crippen molar-refractivity contribution < 1.29 is 14.3 Å². The van der Waals surface area contributed by atoms with E-state index in [0.29, 0.717) is 11.0 Å². The van der Waals surface area contributed by atoms with Gasteiger partial charge in [-0.2, -0.15) is 5.10 Å². The number of aromatic carboxylic acids is 1. The van der Waals surface area contributed by atoms with Gasteiger partial charge in [0.1, 0.15) is 5.82 Å². The second kappa shape index (κ2) is 5.22. The summed E-state index contributed by atoms with van der Waals surface area (Å²) in [6.45, 7) is 3.84. The molecule has 0 aliphatic carbocycles. The van der Waals surface area contributed by atoms with E-state index in [1.165, 1.54) is 18.3 Å². The minimum atomic E-state index is -1.09. The molecule has 0 spiro atoms. The third-order valence-electron chi connectivity index (χ3n) is 3.44. The van der Waals surface area contributed by atoms with Crippen LogP contribution in [0.1, 0.15) is 30.2 Å². The summed E-state index contributed by atoms with van der Waals surface area (Å²) in [6.07, 6.45) is 1.48. The third kappa shape index (κ3) is 2.22. The lowest BCUT2D eigenvalue weighted by atomic mass is 10.1. The maximum Gasteiger partial charge on any atom is 0.336 e. The van der Waals surface area contributed by atoms with Crippen LogP contribution < -0.4 is 0 Å². The van der Waals surface area contributed by atoms with E-state index in [9.17, 15) is 14.3 Å². The molecule has 0 atom stereocenters. The maximum atomic E-state index is 14.0. The van der Waals surface area contributed by atoms with Gasteiger partial charge in [-0.05, 0) is 32.0 Å². The van der Waals surface area contributed by atoms with Crippen molar-refractivity contribution in [3.05, 3.63) is 47.9 Å². The molecular weight excluding hydrogens is 285 g/mol. The first-order chi connectivity index (χ1) is 10.5. The predicted molar refractivity (Wildman–Crippen MR) is 80.3 cm³/mol. The van der Waals surface area contributed by atoms with Gasteiger partial charge in [0, 0.05) is 11.6 Å². The van der Waals surface area contributed by atoms with Crippen LogP contribution in [0.25, 0.3) is 22.3 Å². The molecule has 1 aromatic carbocycles. The second-order valence-electron chi connectivity index (χ2n) is 5.26. The van der Waals surface area contributed by atoms with Crippen molar-refractivity contribution in [2.75, 3.05) is 0 Å². The van der Waals surface area contributed by atoms with Gasteiger partial charge in [0.2, 0.25) is 0 Å². The number of aromatic nitrogens is 3. The number of benzene rings is 1. The fourth-order valence-corrected chi connectivity index (χ4v) is 2.38. The van der Waals surface area contributed by atoms with Crippen LogP contribution in [0.3, 0.4) is 0 Å². The van der Waals surface area contributed by atoms with Crippen LogP contribution in [0.5, 0.6) is 0 Å². The Morgan fingerprint density at radius 2 is 2.05 bits per heavy atom. The van der Waals surface area contributed by atoms with Crippen molar-refractivity contribution in [1.29, 1.82) is 0 Å². The number of fused-ring (bicyclic) bond motifs is 1. The van der Waals surface area contributed by atoms with Gasteiger partial charge >= 0.3 is 5.97 Å². The van der Waals surface area contributed by atoms with Crippen LogP contribution in [0.2, 0.25) is 0 Å². The first-order valence-corrected chi connectivity index (χ1v) is 6.85. The minimum Gasteiger partial charge on any atom is -0.478 e. The van der Waals surface area contributed by atoms with Crippen molar-refractivity contribution in [2.24, 2.45) is 0 Å². The average molecular weight is 299 g/mol. The molecule has 0 saturated heterocycles. The summed E-state index contributed by atoms with van der Waals surface area (Å²) in [5.74, 6) is -1.53. The zero-order valence-electron chi connectivity index (χ0n) is 12.1. The monoisotopic (exact) mass is 299 g/mol. The van der Waals surface area contributed by atoms with Gasteiger partial charge < -0.3 is 5.11 Å². The fourth-order valence-electron chi connectivity index (χ4n) is 2.38. The highest BCUT2D eigenvalue weighted by Crippen LogP contribution is 2.27.